The Morgan fingerprint density at radius 3 is 1.76 bits per heavy atom. The Balaban J connectivity index is 0.00000432. The van der Waals surface area contributed by atoms with Gasteiger partial charge in [-0.1, -0.05) is 0 Å². The summed E-state index contributed by atoms with van der Waals surface area (Å²) in [7, 11) is -14.5. The van der Waals surface area contributed by atoms with Crippen molar-refractivity contribution in [2.75, 3.05) is 12.8 Å². The monoisotopic (exact) mass is 597 g/mol. The molecular formula is C18H14N3Na3O10S3. The van der Waals surface area contributed by atoms with Crippen molar-refractivity contribution in [2.24, 2.45) is 10.2 Å². The zero-order valence-corrected chi connectivity index (χ0v) is 28.7. The minimum Gasteiger partial charge on any atom is -0.744 e. The Kier molecular flexibility index (Phi) is 13.4. The molecule has 37 heavy (non-hydrogen) atoms. The van der Waals surface area contributed by atoms with Crippen LogP contribution in [0.4, 0.5) is 17.1 Å². The van der Waals surface area contributed by atoms with E-state index in [0.717, 1.165) is 6.07 Å². The number of ether oxygens (including phenoxy) is 1. The average molecular weight is 597 g/mol. The van der Waals surface area contributed by atoms with Gasteiger partial charge in [-0.3, -0.25) is 0 Å². The quantitative estimate of drug-likeness (QED) is 0.121. The fraction of sp³-hybridized carbons (Fsp3) is 0.111. The first-order valence-electron chi connectivity index (χ1n) is 8.87. The molecule has 13 nitrogen and oxygen atoms in total. The Labute approximate surface area is 279 Å². The van der Waals surface area contributed by atoms with Crippen molar-refractivity contribution in [1.82, 2.24) is 0 Å². The van der Waals surface area contributed by atoms with E-state index >= 15 is 0 Å². The molecule has 0 unspecified atom stereocenters. The molecule has 0 spiro atoms. The predicted molar refractivity (Wildman–Crippen MR) is 114 cm³/mol. The van der Waals surface area contributed by atoms with Crippen LogP contribution in [0.15, 0.2) is 61.3 Å². The first kappa shape index (κ1) is 36.8. The van der Waals surface area contributed by atoms with E-state index in [0.29, 0.717) is 23.8 Å². The van der Waals surface area contributed by atoms with Gasteiger partial charge >= 0.3 is 88.7 Å². The van der Waals surface area contributed by atoms with Gasteiger partial charge in [0, 0.05) is 11.5 Å². The number of nitrogens with zero attached hydrogens (tertiary/aromatic N) is 2. The van der Waals surface area contributed by atoms with Crippen LogP contribution in [-0.2, 0) is 30.4 Å². The Morgan fingerprint density at radius 1 is 0.730 bits per heavy atom. The Bertz CT molecular complexity index is 1700. The number of hydrogen-bond donors (Lipinski definition) is 1. The first-order chi connectivity index (χ1) is 15.5. The van der Waals surface area contributed by atoms with Gasteiger partial charge in [-0.2, -0.15) is 5.11 Å². The minimum absolute atomic E-state index is 0. The van der Waals surface area contributed by atoms with Crippen LogP contribution in [0.25, 0.3) is 10.8 Å². The second-order valence-electron chi connectivity index (χ2n) is 6.91. The van der Waals surface area contributed by atoms with Gasteiger partial charge in [0.1, 0.15) is 41.8 Å². The summed E-state index contributed by atoms with van der Waals surface area (Å²) in [4.78, 5) is -3.24. The molecule has 0 aliphatic rings. The van der Waals surface area contributed by atoms with E-state index in [1.165, 1.54) is 19.2 Å². The molecule has 3 rings (SSSR count). The zero-order valence-electron chi connectivity index (χ0n) is 20.2. The Hall–Kier alpha value is -0.150. The van der Waals surface area contributed by atoms with Gasteiger partial charge in [-0.05, 0) is 48.2 Å². The molecule has 0 fully saturated rings. The van der Waals surface area contributed by atoms with Gasteiger partial charge in [-0.15, -0.1) is 5.11 Å². The van der Waals surface area contributed by atoms with Crippen molar-refractivity contribution >= 4 is 58.2 Å². The number of azo groups is 1. The number of methoxy groups -OCH3 is 1. The molecule has 0 atom stereocenters. The molecule has 3 aromatic carbocycles. The summed E-state index contributed by atoms with van der Waals surface area (Å²) in [5.74, 6) is 0.223. The maximum atomic E-state index is 11.8. The van der Waals surface area contributed by atoms with Crippen molar-refractivity contribution in [3.63, 3.8) is 0 Å². The van der Waals surface area contributed by atoms with Gasteiger partial charge in [0.2, 0.25) is 0 Å². The predicted octanol–water partition coefficient (Wildman–Crippen LogP) is -7.12. The van der Waals surface area contributed by atoms with E-state index in [1.807, 2.05) is 0 Å². The molecule has 0 aliphatic carbocycles. The van der Waals surface area contributed by atoms with Crippen LogP contribution in [0.2, 0.25) is 0 Å². The maximum Gasteiger partial charge on any atom is 1.00 e. The largest absolute Gasteiger partial charge is 1.00 e. The molecule has 0 amide bonds. The number of nitrogens with two attached hydrogens (primary N) is 1. The van der Waals surface area contributed by atoms with Gasteiger partial charge in [0.25, 0.3) is 0 Å². The molecule has 0 heterocycles. The normalized spacial score (nSPS) is 11.9. The van der Waals surface area contributed by atoms with E-state index in [1.54, 1.807) is 6.92 Å². The van der Waals surface area contributed by atoms with Crippen LogP contribution >= 0.6 is 0 Å². The molecule has 182 valence electrons. The van der Waals surface area contributed by atoms with E-state index < -0.39 is 61.5 Å². The maximum absolute atomic E-state index is 11.8. The molecular weight excluding hydrogens is 583 g/mol. The second kappa shape index (κ2) is 13.5. The third-order valence-electron chi connectivity index (χ3n) is 4.61. The topological polar surface area (TPSA) is 232 Å². The summed E-state index contributed by atoms with van der Waals surface area (Å²) < 4.78 is 110. The number of aryl methyl sites for hydroxylation is 1. The molecule has 0 radical (unpaired) electrons. The van der Waals surface area contributed by atoms with Gasteiger partial charge in [0.15, 0.2) is 0 Å². The van der Waals surface area contributed by atoms with E-state index in [2.05, 4.69) is 10.2 Å². The molecule has 0 saturated carbocycles. The molecule has 3 aromatic rings. The van der Waals surface area contributed by atoms with Crippen LogP contribution in [0, 0.1) is 6.92 Å². The third kappa shape index (κ3) is 8.67. The summed E-state index contributed by atoms with van der Waals surface area (Å²) in [5.41, 5.74) is 6.07. The smallest absolute Gasteiger partial charge is 0.744 e. The molecule has 0 bridgehead atoms. The van der Waals surface area contributed by atoms with Crippen molar-refractivity contribution in [1.29, 1.82) is 0 Å². The van der Waals surface area contributed by atoms with Crippen molar-refractivity contribution in [2.45, 2.75) is 21.6 Å². The van der Waals surface area contributed by atoms with Crippen LogP contribution in [0.3, 0.4) is 0 Å². The molecule has 19 heteroatoms. The summed E-state index contributed by atoms with van der Waals surface area (Å²) in [6.07, 6.45) is 0. The summed E-state index contributed by atoms with van der Waals surface area (Å²) >= 11 is 0. The van der Waals surface area contributed by atoms with Gasteiger partial charge in [0.05, 0.1) is 33.2 Å². The minimum atomic E-state index is -5.35. The number of fused-ring (bicyclic) bond motifs is 1. The Morgan fingerprint density at radius 2 is 1.27 bits per heavy atom. The van der Waals surface area contributed by atoms with Gasteiger partial charge in [-0.25, -0.2) is 25.3 Å². The van der Waals surface area contributed by atoms with Crippen molar-refractivity contribution in [3.8, 4) is 5.75 Å². The van der Waals surface area contributed by atoms with Crippen molar-refractivity contribution < 1.29 is 132 Å². The number of nitrogen functional groups attached to an aromatic ring is 1. The molecule has 2 N–H and O–H groups in total. The fourth-order valence-corrected chi connectivity index (χ4v) is 4.99. The molecule has 0 aliphatic heterocycles. The van der Waals surface area contributed by atoms with Gasteiger partial charge < -0.3 is 24.1 Å². The van der Waals surface area contributed by atoms with Crippen LogP contribution < -0.4 is 99.1 Å². The summed E-state index contributed by atoms with van der Waals surface area (Å²) in [6, 6.07) is 5.21. The van der Waals surface area contributed by atoms with E-state index in [9.17, 15) is 38.9 Å². The summed E-state index contributed by atoms with van der Waals surface area (Å²) in [6.45, 7) is 1.60. The number of rotatable bonds is 6. The number of benzene rings is 3. The van der Waals surface area contributed by atoms with Crippen LogP contribution in [-0.4, -0.2) is 46.0 Å². The summed E-state index contributed by atoms with van der Waals surface area (Å²) in [5, 5.41) is 6.64. The number of anilines is 1. The fourth-order valence-electron chi connectivity index (χ4n) is 3.04. The zero-order chi connectivity index (χ0) is 25.6. The standard InChI is InChI=1S/C18H17N3O10S3.3Na/c1-9-3-13(19)16(31-2)8-14(9)20-21-15-7-12-10(5-18(15)34(28,29)30)4-11(32(22,23)24)6-17(12)33(25,26)27;;;/h3-8H,19H2,1-2H3,(H,22,23,24)(H,25,26,27)(H,28,29,30);;;/q;3*+1/p-3. The SMILES string of the molecule is COc1cc(N=Nc2cc3c(S(=O)(=O)[O-])cc(S(=O)(=O)[O-])cc3cc2S(=O)(=O)[O-])c(C)cc1N.[Na+].[Na+].[Na+]. The molecule has 0 saturated heterocycles. The second-order valence-corrected chi connectivity index (χ2v) is 11.0. The molecule has 0 aromatic heterocycles. The van der Waals surface area contributed by atoms with Crippen LogP contribution in [0.1, 0.15) is 5.56 Å². The van der Waals surface area contributed by atoms with E-state index in [4.69, 9.17) is 10.5 Å². The first-order valence-corrected chi connectivity index (χ1v) is 13.1. The third-order valence-corrected chi connectivity index (χ3v) is 7.16. The van der Waals surface area contributed by atoms with Crippen molar-refractivity contribution in [3.05, 3.63) is 42.0 Å². The number of hydrogen-bond acceptors (Lipinski definition) is 13. The van der Waals surface area contributed by atoms with Crippen LogP contribution in [0.5, 0.6) is 5.75 Å². The average Bonchev–Trinajstić information content (AvgIpc) is 2.69. The van der Waals surface area contributed by atoms with E-state index in [-0.39, 0.29) is 106 Å².